The Bertz CT molecular complexity index is 988. The third-order valence-electron chi connectivity index (χ3n) is 5.27. The summed E-state index contributed by atoms with van der Waals surface area (Å²) in [4.78, 5) is 40.7. The summed E-state index contributed by atoms with van der Waals surface area (Å²) in [5.74, 6) is -0.836. The predicted molar refractivity (Wildman–Crippen MR) is 135 cm³/mol. The number of hydrogen-bond acceptors (Lipinski definition) is 5. The fourth-order valence-corrected chi connectivity index (χ4v) is 3.60. The number of amides is 3. The highest BCUT2D eigenvalue weighted by Crippen LogP contribution is 2.24. The number of alkyl carbamates (subject to hydrolysis) is 1. The van der Waals surface area contributed by atoms with Gasteiger partial charge in [0.25, 0.3) is 0 Å². The van der Waals surface area contributed by atoms with Crippen molar-refractivity contribution < 1.29 is 24.2 Å². The second-order valence-electron chi connectivity index (χ2n) is 9.48. The Hall–Kier alpha value is -3.55. The highest BCUT2D eigenvalue weighted by atomic mass is 16.6. The van der Waals surface area contributed by atoms with Gasteiger partial charge in [-0.15, -0.1) is 0 Å². The third kappa shape index (κ3) is 8.96. The summed E-state index contributed by atoms with van der Waals surface area (Å²) in [7, 11) is 1.52. The molecule has 2 aromatic carbocycles. The van der Waals surface area contributed by atoms with Crippen molar-refractivity contribution in [2.45, 2.75) is 64.6 Å². The van der Waals surface area contributed by atoms with Gasteiger partial charge in [0, 0.05) is 20.0 Å². The Morgan fingerprint density at radius 2 is 1.74 bits per heavy atom. The number of likely N-dealkylation sites (N-methyl/N-ethyl adjacent to an activating group) is 1. The van der Waals surface area contributed by atoms with Gasteiger partial charge >= 0.3 is 6.09 Å². The van der Waals surface area contributed by atoms with Crippen molar-refractivity contribution in [1.29, 1.82) is 0 Å². The number of benzene rings is 2. The molecule has 3 amide bonds. The molecule has 190 valence electrons. The van der Waals surface area contributed by atoms with Crippen LogP contribution < -0.4 is 10.6 Å². The minimum absolute atomic E-state index is 0.0116. The van der Waals surface area contributed by atoms with Crippen LogP contribution in [0.25, 0.3) is 0 Å². The average molecular weight is 484 g/mol. The molecule has 0 aliphatic rings. The van der Waals surface area contributed by atoms with Crippen LogP contribution in [0.2, 0.25) is 0 Å². The van der Waals surface area contributed by atoms with Gasteiger partial charge in [-0.25, -0.2) is 4.79 Å². The highest BCUT2D eigenvalue weighted by molar-refractivity contribution is 5.92. The van der Waals surface area contributed by atoms with Crippen molar-refractivity contribution in [2.75, 3.05) is 13.6 Å². The smallest absolute Gasteiger partial charge is 0.408 e. The summed E-state index contributed by atoms with van der Waals surface area (Å²) >= 11 is 0. The Morgan fingerprint density at radius 1 is 1.06 bits per heavy atom. The predicted octanol–water partition coefficient (Wildman–Crippen LogP) is 3.94. The molecule has 0 radical (unpaired) electrons. The molecule has 0 bridgehead atoms. The number of nitrogens with zero attached hydrogens (tertiary/aromatic N) is 1. The summed E-state index contributed by atoms with van der Waals surface area (Å²) in [5, 5.41) is 15.6. The average Bonchev–Trinajstić information content (AvgIpc) is 2.78. The maximum Gasteiger partial charge on any atom is 0.408 e. The van der Waals surface area contributed by atoms with E-state index < -0.39 is 29.7 Å². The first-order valence-corrected chi connectivity index (χ1v) is 11.9. The lowest BCUT2D eigenvalue weighted by Gasteiger charge is -2.31. The first-order valence-electron chi connectivity index (χ1n) is 11.9. The summed E-state index contributed by atoms with van der Waals surface area (Å²) in [5.41, 5.74) is 0.571. The Kier molecular flexibility index (Phi) is 10.1. The molecule has 2 atom stereocenters. The topological polar surface area (TPSA) is 108 Å². The van der Waals surface area contributed by atoms with E-state index >= 15 is 0 Å². The molecule has 0 fully saturated rings. The van der Waals surface area contributed by atoms with Gasteiger partial charge in [0.05, 0.1) is 0 Å². The fraction of sp³-hybridized carbons (Fsp3) is 0.444. The van der Waals surface area contributed by atoms with Crippen LogP contribution in [0, 0.1) is 0 Å². The van der Waals surface area contributed by atoms with Crippen molar-refractivity contribution >= 4 is 17.9 Å². The zero-order chi connectivity index (χ0) is 26.0. The lowest BCUT2D eigenvalue weighted by molar-refractivity contribution is -0.140. The zero-order valence-corrected chi connectivity index (χ0v) is 21.2. The van der Waals surface area contributed by atoms with Crippen LogP contribution >= 0.6 is 0 Å². The van der Waals surface area contributed by atoms with Gasteiger partial charge in [-0.3, -0.25) is 9.59 Å². The van der Waals surface area contributed by atoms with Gasteiger partial charge in [0.1, 0.15) is 23.4 Å². The van der Waals surface area contributed by atoms with E-state index in [1.165, 1.54) is 24.1 Å². The van der Waals surface area contributed by atoms with E-state index in [0.717, 1.165) is 18.4 Å². The van der Waals surface area contributed by atoms with Gasteiger partial charge < -0.3 is 25.4 Å². The number of carbonyl (C=O) groups excluding carboxylic acids is 3. The van der Waals surface area contributed by atoms with Gasteiger partial charge in [-0.1, -0.05) is 55.8 Å². The number of aromatic hydroxyl groups is 1. The second-order valence-corrected chi connectivity index (χ2v) is 9.48. The summed E-state index contributed by atoms with van der Waals surface area (Å²) in [6.45, 7) is 7.71. The molecular weight excluding hydrogens is 446 g/mol. The Morgan fingerprint density at radius 3 is 2.34 bits per heavy atom. The number of rotatable bonds is 10. The number of carbonyl (C=O) groups is 3. The molecule has 0 aromatic heterocycles. The maximum atomic E-state index is 13.7. The largest absolute Gasteiger partial charge is 0.508 e. The van der Waals surface area contributed by atoms with E-state index in [2.05, 4.69) is 10.6 Å². The number of phenols is 1. The van der Waals surface area contributed by atoms with Crippen LogP contribution in [0.1, 0.15) is 57.7 Å². The van der Waals surface area contributed by atoms with E-state index in [9.17, 15) is 19.5 Å². The van der Waals surface area contributed by atoms with Crippen molar-refractivity contribution in [3.63, 3.8) is 0 Å². The van der Waals surface area contributed by atoms with E-state index in [-0.39, 0.29) is 18.1 Å². The molecule has 0 aliphatic carbocycles. The first kappa shape index (κ1) is 27.7. The zero-order valence-electron chi connectivity index (χ0n) is 21.2. The molecule has 2 unspecified atom stereocenters. The van der Waals surface area contributed by atoms with E-state index in [4.69, 9.17) is 4.74 Å². The number of phenolic OH excluding ortho intramolecular Hbond substituents is 1. The van der Waals surface area contributed by atoms with Crippen molar-refractivity contribution in [3.05, 3.63) is 65.7 Å². The normalized spacial score (nSPS) is 12.8. The van der Waals surface area contributed by atoms with Gasteiger partial charge in [0.2, 0.25) is 11.8 Å². The molecule has 8 nitrogen and oxygen atoms in total. The number of unbranched alkanes of at least 4 members (excludes halogenated alkanes) is 1. The number of hydrogen-bond donors (Lipinski definition) is 3. The summed E-state index contributed by atoms with van der Waals surface area (Å²) in [6, 6.07) is 13.6. The van der Waals surface area contributed by atoms with Crippen LogP contribution in [-0.4, -0.2) is 53.1 Å². The number of nitrogens with one attached hydrogen (secondary N) is 2. The standard InChI is InChI=1S/C27H37N3O5/c1-6-7-16-28-24(32)23(20-14-11-15-21(31)18-20)30(5)25(33)22(17-19-12-9-8-10-13-19)29-26(34)35-27(2,3)4/h8-15,18,22-23,31H,6-7,16-17H2,1-5H3,(H,28,32)(H,29,34). The van der Waals surface area contributed by atoms with Gasteiger partial charge in [-0.2, -0.15) is 0 Å². The van der Waals surface area contributed by atoms with Crippen LogP contribution in [0.3, 0.4) is 0 Å². The SMILES string of the molecule is CCCCNC(=O)C(c1cccc(O)c1)N(C)C(=O)C(Cc1ccccc1)NC(=O)OC(C)(C)C. The molecule has 3 N–H and O–H groups in total. The lowest BCUT2D eigenvalue weighted by Crippen LogP contribution is -2.52. The molecule has 0 heterocycles. The quantitative estimate of drug-likeness (QED) is 0.444. The number of ether oxygens (including phenoxy) is 1. The fourth-order valence-electron chi connectivity index (χ4n) is 3.60. The van der Waals surface area contributed by atoms with Crippen molar-refractivity contribution in [1.82, 2.24) is 15.5 Å². The first-order chi connectivity index (χ1) is 16.5. The molecular formula is C27H37N3O5. The molecule has 0 saturated carbocycles. The molecule has 0 saturated heterocycles. The van der Waals surface area contributed by atoms with Crippen molar-refractivity contribution in [3.8, 4) is 5.75 Å². The monoisotopic (exact) mass is 483 g/mol. The van der Waals surface area contributed by atoms with Gasteiger partial charge in [-0.05, 0) is 50.5 Å². The van der Waals surface area contributed by atoms with E-state index in [1.807, 2.05) is 37.3 Å². The minimum atomic E-state index is -0.995. The molecule has 0 aliphatic heterocycles. The molecule has 2 rings (SSSR count). The van der Waals surface area contributed by atoms with E-state index in [0.29, 0.717) is 12.1 Å². The second kappa shape index (κ2) is 12.8. The summed E-state index contributed by atoms with van der Waals surface area (Å²) < 4.78 is 5.38. The third-order valence-corrected chi connectivity index (χ3v) is 5.27. The van der Waals surface area contributed by atoms with Crippen molar-refractivity contribution in [2.24, 2.45) is 0 Å². The van der Waals surface area contributed by atoms with Gasteiger partial charge in [0.15, 0.2) is 0 Å². The van der Waals surface area contributed by atoms with Crippen LogP contribution in [0.4, 0.5) is 4.79 Å². The van der Waals surface area contributed by atoms with Crippen LogP contribution in [-0.2, 0) is 20.7 Å². The molecule has 2 aromatic rings. The van der Waals surface area contributed by atoms with E-state index in [1.54, 1.807) is 32.9 Å². The molecule has 35 heavy (non-hydrogen) atoms. The van der Waals surface area contributed by atoms with Crippen LogP contribution in [0.5, 0.6) is 5.75 Å². The minimum Gasteiger partial charge on any atom is -0.508 e. The maximum absolute atomic E-state index is 13.7. The molecule has 8 heteroatoms. The Balaban J connectivity index is 2.36. The lowest BCUT2D eigenvalue weighted by atomic mass is 10.0. The summed E-state index contributed by atoms with van der Waals surface area (Å²) in [6.07, 6.45) is 1.20. The highest BCUT2D eigenvalue weighted by Gasteiger charge is 2.34. The molecule has 0 spiro atoms. The van der Waals surface area contributed by atoms with Crippen LogP contribution in [0.15, 0.2) is 54.6 Å². The Labute approximate surface area is 207 Å².